The van der Waals surface area contributed by atoms with E-state index >= 15 is 4.39 Å². The number of carboxylic acid groups (broad SMARTS) is 1. The van der Waals surface area contributed by atoms with Gasteiger partial charge in [-0.1, -0.05) is 30.3 Å². The molecule has 0 bridgehead atoms. The Labute approximate surface area is 244 Å². The minimum atomic E-state index is -1.11. The first-order valence-electron chi connectivity index (χ1n) is 13.6. The van der Waals surface area contributed by atoms with Gasteiger partial charge < -0.3 is 14.4 Å². The van der Waals surface area contributed by atoms with Crippen LogP contribution in [0.3, 0.4) is 0 Å². The number of hydrogen-bond donors (Lipinski definition) is 1. The summed E-state index contributed by atoms with van der Waals surface area (Å²) in [5.41, 5.74) is 2.13. The van der Waals surface area contributed by atoms with Gasteiger partial charge in [-0.2, -0.15) is 5.26 Å². The lowest BCUT2D eigenvalue weighted by atomic mass is 10.0. The maximum Gasteiger partial charge on any atom is 0.337 e. The number of rotatable bonds is 10. The quantitative estimate of drug-likeness (QED) is 0.193. The molecular formula is C33H25F3N4O3. The number of hydrogen-bond acceptors (Lipinski definition) is 5. The normalized spacial score (nSPS) is 13.5. The van der Waals surface area contributed by atoms with E-state index in [-0.39, 0.29) is 42.1 Å². The van der Waals surface area contributed by atoms with Gasteiger partial charge in [-0.15, -0.1) is 0 Å². The van der Waals surface area contributed by atoms with Gasteiger partial charge in [0, 0.05) is 35.6 Å². The second-order valence-corrected chi connectivity index (χ2v) is 10.8. The van der Waals surface area contributed by atoms with Crippen molar-refractivity contribution in [3.63, 3.8) is 0 Å². The molecule has 2 aromatic heterocycles. The zero-order chi connectivity index (χ0) is 30.1. The van der Waals surface area contributed by atoms with Crippen LogP contribution in [0.25, 0.3) is 22.3 Å². The maximum absolute atomic E-state index is 15.5. The van der Waals surface area contributed by atoms with Crippen LogP contribution in [0.5, 0.6) is 5.88 Å². The van der Waals surface area contributed by atoms with Gasteiger partial charge in [0.25, 0.3) is 0 Å². The molecule has 7 nitrogen and oxygen atoms in total. The summed E-state index contributed by atoms with van der Waals surface area (Å²) in [7, 11) is 0. The Hall–Kier alpha value is -5.17. The van der Waals surface area contributed by atoms with E-state index in [1.165, 1.54) is 24.3 Å². The van der Waals surface area contributed by atoms with E-state index in [0.717, 1.165) is 6.07 Å². The lowest BCUT2D eigenvalue weighted by Gasteiger charge is -2.16. The van der Waals surface area contributed by atoms with Crippen molar-refractivity contribution < 1.29 is 27.8 Å². The highest BCUT2D eigenvalue weighted by atomic mass is 19.1. The van der Waals surface area contributed by atoms with Gasteiger partial charge >= 0.3 is 5.97 Å². The van der Waals surface area contributed by atoms with Crippen molar-refractivity contribution >= 4 is 17.0 Å². The number of pyridine rings is 1. The van der Waals surface area contributed by atoms with Crippen LogP contribution >= 0.6 is 0 Å². The monoisotopic (exact) mass is 582 g/mol. The summed E-state index contributed by atoms with van der Waals surface area (Å²) >= 11 is 0. The van der Waals surface area contributed by atoms with E-state index in [0.29, 0.717) is 46.5 Å². The number of para-hydroxylation sites is 1. The predicted octanol–water partition coefficient (Wildman–Crippen LogP) is 6.87. The minimum absolute atomic E-state index is 0.0665. The Morgan fingerprint density at radius 3 is 2.47 bits per heavy atom. The molecule has 0 aliphatic heterocycles. The molecule has 0 atom stereocenters. The summed E-state index contributed by atoms with van der Waals surface area (Å²) in [6, 6.07) is 20.5. The zero-order valence-electron chi connectivity index (χ0n) is 22.9. The summed E-state index contributed by atoms with van der Waals surface area (Å²) in [4.78, 5) is 21.0. The topological polar surface area (TPSA) is 101 Å². The van der Waals surface area contributed by atoms with Crippen molar-refractivity contribution in [2.75, 3.05) is 6.67 Å². The lowest BCUT2D eigenvalue weighted by Crippen LogP contribution is -2.17. The number of benzene rings is 3. The van der Waals surface area contributed by atoms with Crippen LogP contribution in [0.15, 0.2) is 72.8 Å². The molecule has 0 saturated heterocycles. The molecular weight excluding hydrogens is 557 g/mol. The third kappa shape index (κ3) is 5.66. The number of carboxylic acids is 1. The number of ether oxygens (including phenoxy) is 1. The molecule has 1 aliphatic carbocycles. The molecule has 0 radical (unpaired) electrons. The van der Waals surface area contributed by atoms with Crippen LogP contribution in [-0.4, -0.2) is 32.3 Å². The molecule has 1 N–H and O–H groups in total. The van der Waals surface area contributed by atoms with E-state index in [1.807, 2.05) is 6.07 Å². The number of alkyl halides is 1. The van der Waals surface area contributed by atoms with Crippen molar-refractivity contribution in [3.8, 4) is 23.2 Å². The number of imidazole rings is 1. The molecule has 5 aromatic rings. The average molecular weight is 583 g/mol. The first kappa shape index (κ1) is 28.0. The van der Waals surface area contributed by atoms with Gasteiger partial charge in [0.2, 0.25) is 5.88 Å². The van der Waals surface area contributed by atoms with Gasteiger partial charge in [-0.3, -0.25) is 4.39 Å². The molecule has 10 heteroatoms. The molecule has 0 spiro atoms. The van der Waals surface area contributed by atoms with Crippen molar-refractivity contribution in [2.24, 2.45) is 5.41 Å². The highest BCUT2D eigenvalue weighted by Crippen LogP contribution is 2.48. The molecule has 6 rings (SSSR count). The Kier molecular flexibility index (Phi) is 7.32. The third-order valence-corrected chi connectivity index (χ3v) is 7.79. The molecule has 1 saturated carbocycles. The first-order valence-corrected chi connectivity index (χ1v) is 13.6. The fourth-order valence-electron chi connectivity index (χ4n) is 5.12. The van der Waals surface area contributed by atoms with E-state index < -0.39 is 29.7 Å². The third-order valence-electron chi connectivity index (χ3n) is 7.79. The van der Waals surface area contributed by atoms with Crippen molar-refractivity contribution in [1.29, 1.82) is 5.26 Å². The SMILES string of the molecule is N#Cc1ccc(COc2cccc(-c3ccc(Cc4nc5cccc(C(=O)O)c5n4CC4(CF)CC4)c(F)c3)n2)c(F)c1. The Bertz CT molecular complexity index is 1910. The number of halogens is 3. The molecule has 0 unspecified atom stereocenters. The summed E-state index contributed by atoms with van der Waals surface area (Å²) < 4.78 is 51.0. The van der Waals surface area contributed by atoms with E-state index in [4.69, 9.17) is 10.00 Å². The molecule has 216 valence electrons. The van der Waals surface area contributed by atoms with Crippen molar-refractivity contribution in [1.82, 2.24) is 14.5 Å². The van der Waals surface area contributed by atoms with Crippen molar-refractivity contribution in [3.05, 3.63) is 113 Å². The summed E-state index contributed by atoms with van der Waals surface area (Å²) in [5, 5.41) is 18.7. The van der Waals surface area contributed by atoms with Crippen LogP contribution < -0.4 is 4.74 Å². The number of aromatic nitrogens is 3. The Morgan fingerprint density at radius 1 is 1.00 bits per heavy atom. The van der Waals surface area contributed by atoms with Crippen LogP contribution in [0.1, 0.15) is 45.7 Å². The summed E-state index contributed by atoms with van der Waals surface area (Å²) in [5.74, 6) is -1.50. The van der Waals surface area contributed by atoms with Gasteiger partial charge in [0.05, 0.1) is 40.6 Å². The van der Waals surface area contributed by atoms with E-state index in [1.54, 1.807) is 47.0 Å². The second kappa shape index (κ2) is 11.2. The largest absolute Gasteiger partial charge is 0.478 e. The average Bonchev–Trinajstić information content (AvgIpc) is 3.71. The minimum Gasteiger partial charge on any atom is -0.478 e. The standard InChI is InChI=1S/C33H25F3N4O3/c34-18-33(11-12-33)19-40-29(38-28-5-1-3-24(31(28)40)32(41)42)15-21-9-10-22(14-26(21)36)27-4-2-6-30(39-27)43-17-23-8-7-20(16-37)13-25(23)35/h1-10,13-14H,11-12,15,17-19H2,(H,41,42). The highest BCUT2D eigenvalue weighted by Gasteiger charge is 2.44. The van der Waals surface area contributed by atoms with E-state index in [9.17, 15) is 18.7 Å². The van der Waals surface area contributed by atoms with Crippen LogP contribution in [-0.2, 0) is 19.6 Å². The number of fused-ring (bicyclic) bond motifs is 1. The number of carbonyl (C=O) groups is 1. The number of nitriles is 1. The fourth-order valence-corrected chi connectivity index (χ4v) is 5.12. The van der Waals surface area contributed by atoms with Crippen LogP contribution in [0.2, 0.25) is 0 Å². The van der Waals surface area contributed by atoms with Gasteiger partial charge in [-0.25, -0.2) is 23.5 Å². The maximum atomic E-state index is 15.5. The first-order chi connectivity index (χ1) is 20.8. The van der Waals surface area contributed by atoms with Crippen LogP contribution in [0, 0.1) is 28.4 Å². The van der Waals surface area contributed by atoms with Gasteiger partial charge in [0.15, 0.2) is 0 Å². The molecule has 1 aliphatic rings. The molecule has 1 fully saturated rings. The highest BCUT2D eigenvalue weighted by molar-refractivity contribution is 6.01. The smallest absolute Gasteiger partial charge is 0.337 e. The van der Waals surface area contributed by atoms with Gasteiger partial charge in [-0.05, 0) is 54.8 Å². The lowest BCUT2D eigenvalue weighted by molar-refractivity contribution is 0.0698. The fraction of sp³-hybridized carbons (Fsp3) is 0.212. The van der Waals surface area contributed by atoms with E-state index in [2.05, 4.69) is 9.97 Å². The molecule has 3 aromatic carbocycles. The Balaban J connectivity index is 1.25. The van der Waals surface area contributed by atoms with Crippen molar-refractivity contribution in [2.45, 2.75) is 32.4 Å². The predicted molar refractivity (Wildman–Crippen MR) is 152 cm³/mol. The summed E-state index contributed by atoms with van der Waals surface area (Å²) in [6.45, 7) is -0.361. The molecule has 0 amide bonds. The number of aromatic carboxylic acids is 1. The van der Waals surface area contributed by atoms with Crippen LogP contribution in [0.4, 0.5) is 13.2 Å². The second-order valence-electron chi connectivity index (χ2n) is 10.8. The Morgan fingerprint density at radius 2 is 1.77 bits per heavy atom. The zero-order valence-corrected chi connectivity index (χ0v) is 22.9. The van der Waals surface area contributed by atoms with Gasteiger partial charge in [0.1, 0.15) is 24.1 Å². The summed E-state index contributed by atoms with van der Waals surface area (Å²) in [6.07, 6.45) is 1.47. The molecule has 43 heavy (non-hydrogen) atoms. The molecule has 2 heterocycles. The number of nitrogens with zero attached hydrogens (tertiary/aromatic N) is 4.